The molecule has 0 heterocycles. The van der Waals surface area contributed by atoms with Gasteiger partial charge in [-0.25, -0.2) is 0 Å². The van der Waals surface area contributed by atoms with E-state index in [1.54, 1.807) is 0 Å². The number of hydrogen-bond acceptors (Lipinski definition) is 2. The first-order valence-corrected chi connectivity index (χ1v) is 22.5. The smallest absolute Gasteiger partial charge is 0.134 e. The predicted octanol–water partition coefficient (Wildman–Crippen LogP) is 15.0. The summed E-state index contributed by atoms with van der Waals surface area (Å²) in [5, 5.41) is 22.4. The van der Waals surface area contributed by atoms with Gasteiger partial charge in [0.05, 0.1) is 10.0 Å². The van der Waals surface area contributed by atoms with Gasteiger partial charge in [0.2, 0.25) is 0 Å². The SMILES string of the molecule is CCCCC12CC3(CCCC)CC(c4ccc(O)c(Cl)c4)(C1)CC(C14CC5(CCCC)CC(CCCC)(CC(c6ccc(O)c(Cl)c6)(C5)C1)C4)(C2)C3. The molecule has 4 unspecified atom stereocenters. The van der Waals surface area contributed by atoms with Crippen LogP contribution in [0.2, 0.25) is 10.0 Å². The Kier molecular flexibility index (Phi) is 9.46. The molecule has 0 saturated heterocycles. The molecule has 8 aliphatic rings. The molecule has 0 aliphatic heterocycles. The van der Waals surface area contributed by atoms with Crippen LogP contribution in [0.5, 0.6) is 11.5 Å². The Hall–Kier alpha value is -1.38. The summed E-state index contributed by atoms with van der Waals surface area (Å²) in [6.45, 7) is 9.61. The van der Waals surface area contributed by atoms with Crippen molar-refractivity contribution < 1.29 is 10.2 Å². The van der Waals surface area contributed by atoms with Gasteiger partial charge in [-0.2, -0.15) is 0 Å². The molecule has 4 atom stereocenters. The van der Waals surface area contributed by atoms with Crippen molar-refractivity contribution in [1.82, 2.24) is 0 Å². The summed E-state index contributed by atoms with van der Waals surface area (Å²) in [6, 6.07) is 12.8. The first kappa shape index (κ1) is 37.5. The molecule has 8 aliphatic carbocycles. The standard InChI is InChI=1S/C48H68Cl2O2/c1-5-9-17-41-23-42(18-10-6-2)26-45(25-41,35-13-15-39(51)37(49)21-35)33-47(29-41,30-42)48-31-43(19-11-7-3)24-44(32-48,20-12-8-4)28-46(27-43,34-48)36-14-16-40(52)38(50)22-36/h13-16,21-22,51-52H,5-12,17-20,23-34H2,1-4H3. The Morgan fingerprint density at radius 3 is 1.02 bits per heavy atom. The van der Waals surface area contributed by atoms with Gasteiger partial charge in [0.25, 0.3) is 0 Å². The van der Waals surface area contributed by atoms with E-state index in [1.165, 1.54) is 165 Å². The van der Waals surface area contributed by atoms with Crippen LogP contribution in [0, 0.1) is 32.5 Å². The summed E-state index contributed by atoms with van der Waals surface area (Å²) in [4.78, 5) is 0. The quantitative estimate of drug-likeness (QED) is 0.190. The molecule has 4 heteroatoms. The highest BCUT2D eigenvalue weighted by Gasteiger charge is 2.78. The molecular weight excluding hydrogens is 679 g/mol. The molecule has 2 N–H and O–H groups in total. The van der Waals surface area contributed by atoms with Gasteiger partial charge in [0.15, 0.2) is 0 Å². The van der Waals surface area contributed by atoms with Crippen molar-refractivity contribution in [3.8, 4) is 11.5 Å². The minimum absolute atomic E-state index is 0.110. The predicted molar refractivity (Wildman–Crippen MR) is 218 cm³/mol. The Labute approximate surface area is 326 Å². The second-order valence-electron chi connectivity index (χ2n) is 21.0. The van der Waals surface area contributed by atoms with E-state index >= 15 is 0 Å². The summed E-state index contributed by atoms with van der Waals surface area (Å²) >= 11 is 13.7. The molecule has 2 nitrogen and oxygen atoms in total. The van der Waals surface area contributed by atoms with Crippen LogP contribution in [-0.4, -0.2) is 10.2 Å². The number of phenolic OH excluding ortho intramolecular Hbond substituents is 2. The van der Waals surface area contributed by atoms with Crippen LogP contribution in [0.25, 0.3) is 0 Å². The monoisotopic (exact) mass is 746 g/mol. The van der Waals surface area contributed by atoms with E-state index in [1.807, 2.05) is 12.1 Å². The van der Waals surface area contributed by atoms with Gasteiger partial charge in [-0.3, -0.25) is 0 Å². The zero-order valence-electron chi connectivity index (χ0n) is 33.1. The second-order valence-corrected chi connectivity index (χ2v) is 21.8. The molecule has 0 radical (unpaired) electrons. The molecule has 8 bridgehead atoms. The van der Waals surface area contributed by atoms with Gasteiger partial charge in [0, 0.05) is 0 Å². The van der Waals surface area contributed by atoms with Crippen LogP contribution < -0.4 is 0 Å². The zero-order chi connectivity index (χ0) is 36.7. The van der Waals surface area contributed by atoms with Crippen molar-refractivity contribution in [1.29, 1.82) is 0 Å². The molecule has 52 heavy (non-hydrogen) atoms. The van der Waals surface area contributed by atoms with E-state index in [9.17, 15) is 10.2 Å². The van der Waals surface area contributed by atoms with Crippen molar-refractivity contribution >= 4 is 23.2 Å². The van der Waals surface area contributed by atoms with Crippen molar-refractivity contribution in [2.24, 2.45) is 32.5 Å². The third-order valence-corrected chi connectivity index (χ3v) is 17.7. The van der Waals surface area contributed by atoms with E-state index < -0.39 is 0 Å². The van der Waals surface area contributed by atoms with Crippen LogP contribution >= 0.6 is 23.2 Å². The van der Waals surface area contributed by atoms with Gasteiger partial charge in [-0.1, -0.05) is 114 Å². The zero-order valence-corrected chi connectivity index (χ0v) is 34.6. The van der Waals surface area contributed by atoms with E-state index in [0.29, 0.717) is 31.7 Å². The Balaban J connectivity index is 1.36. The lowest BCUT2D eigenvalue weighted by molar-refractivity contribution is -0.288. The van der Waals surface area contributed by atoms with Gasteiger partial charge < -0.3 is 10.2 Å². The van der Waals surface area contributed by atoms with Crippen LogP contribution in [0.1, 0.15) is 193 Å². The molecule has 10 rings (SSSR count). The molecule has 0 amide bonds. The fourth-order valence-electron chi connectivity index (χ4n) is 16.8. The summed E-state index contributed by atoms with van der Waals surface area (Å²) in [5.74, 6) is 0.440. The fraction of sp³-hybridized carbons (Fsp3) is 0.750. The molecule has 0 aromatic heterocycles. The van der Waals surface area contributed by atoms with Crippen LogP contribution in [0.3, 0.4) is 0 Å². The Morgan fingerprint density at radius 1 is 0.442 bits per heavy atom. The third kappa shape index (κ3) is 5.82. The number of aromatic hydroxyl groups is 2. The lowest BCUT2D eigenvalue weighted by Crippen LogP contribution is -2.72. The second kappa shape index (κ2) is 13.1. The van der Waals surface area contributed by atoms with E-state index in [-0.39, 0.29) is 33.2 Å². The minimum Gasteiger partial charge on any atom is -0.506 e. The minimum atomic E-state index is 0.110. The first-order valence-electron chi connectivity index (χ1n) is 21.8. The third-order valence-electron chi connectivity index (χ3n) is 17.0. The Morgan fingerprint density at radius 2 is 0.750 bits per heavy atom. The van der Waals surface area contributed by atoms with Gasteiger partial charge in [-0.15, -0.1) is 0 Å². The highest BCUT2D eigenvalue weighted by molar-refractivity contribution is 6.32. The van der Waals surface area contributed by atoms with Crippen LogP contribution in [0.4, 0.5) is 0 Å². The summed E-state index contributed by atoms with van der Waals surface area (Å²) in [5.41, 5.74) is 5.12. The topological polar surface area (TPSA) is 40.5 Å². The van der Waals surface area contributed by atoms with Crippen molar-refractivity contribution in [2.75, 3.05) is 0 Å². The van der Waals surface area contributed by atoms with Crippen molar-refractivity contribution in [2.45, 2.75) is 193 Å². The Bertz CT molecular complexity index is 1490. The molecule has 8 saturated carbocycles. The number of phenols is 2. The highest BCUT2D eigenvalue weighted by Crippen LogP contribution is 2.87. The summed E-state index contributed by atoms with van der Waals surface area (Å²) < 4.78 is 0. The van der Waals surface area contributed by atoms with Crippen LogP contribution in [-0.2, 0) is 10.8 Å². The van der Waals surface area contributed by atoms with Gasteiger partial charge >= 0.3 is 0 Å². The number of rotatable bonds is 15. The lowest BCUT2D eigenvalue weighted by Gasteiger charge is -2.81. The molecule has 8 fully saturated rings. The van der Waals surface area contributed by atoms with Crippen LogP contribution in [0.15, 0.2) is 36.4 Å². The molecule has 286 valence electrons. The average Bonchev–Trinajstić information content (AvgIpc) is 3.09. The van der Waals surface area contributed by atoms with E-state index in [4.69, 9.17) is 23.2 Å². The van der Waals surface area contributed by atoms with Crippen molar-refractivity contribution in [3.63, 3.8) is 0 Å². The first-order chi connectivity index (χ1) is 24.8. The summed E-state index contributed by atoms with van der Waals surface area (Å²) in [7, 11) is 0. The maximum Gasteiger partial charge on any atom is 0.134 e. The largest absolute Gasteiger partial charge is 0.506 e. The van der Waals surface area contributed by atoms with Gasteiger partial charge in [0.1, 0.15) is 11.5 Å². The number of halogens is 2. The number of benzene rings is 2. The van der Waals surface area contributed by atoms with Crippen molar-refractivity contribution in [3.05, 3.63) is 57.6 Å². The van der Waals surface area contributed by atoms with E-state index in [2.05, 4.69) is 52.0 Å². The maximum atomic E-state index is 10.7. The summed E-state index contributed by atoms with van der Waals surface area (Å²) in [6.07, 6.45) is 32.2. The number of unbranched alkanes of at least 4 members (excludes halogenated alkanes) is 4. The fourth-order valence-corrected chi connectivity index (χ4v) is 17.2. The maximum absolute atomic E-state index is 10.7. The number of hydrogen-bond donors (Lipinski definition) is 2. The average molecular weight is 748 g/mol. The molecular formula is C48H68Cl2O2. The lowest BCUT2D eigenvalue weighted by atomic mass is 9.23. The highest BCUT2D eigenvalue weighted by atomic mass is 35.5. The molecule has 2 aromatic carbocycles. The molecule has 0 spiro atoms. The molecule has 2 aromatic rings. The van der Waals surface area contributed by atoms with E-state index in [0.717, 1.165) is 0 Å². The normalized spacial score (nSPS) is 41.3. The van der Waals surface area contributed by atoms with Gasteiger partial charge in [-0.05, 0) is 181 Å².